The van der Waals surface area contributed by atoms with Gasteiger partial charge in [0.1, 0.15) is 0 Å². The van der Waals surface area contributed by atoms with E-state index in [0.717, 1.165) is 10.9 Å². The van der Waals surface area contributed by atoms with Crippen molar-refractivity contribution in [2.75, 3.05) is 5.73 Å². The number of nitrogens with zero attached hydrogens (tertiary/aromatic N) is 2. The van der Waals surface area contributed by atoms with E-state index >= 15 is 0 Å². The molecule has 0 bridgehead atoms. The highest BCUT2D eigenvalue weighted by atomic mass is 16.1. The molecular formula is C14H12N4O. The fourth-order valence-electron chi connectivity index (χ4n) is 2.10. The van der Waals surface area contributed by atoms with Crippen LogP contribution in [-0.2, 0) is 0 Å². The Hall–Kier alpha value is -2.82. The van der Waals surface area contributed by atoms with Crippen LogP contribution in [0.5, 0.6) is 0 Å². The molecule has 3 rings (SSSR count). The van der Waals surface area contributed by atoms with Crippen LogP contribution in [0.15, 0.2) is 48.7 Å². The fourth-order valence-corrected chi connectivity index (χ4v) is 2.10. The van der Waals surface area contributed by atoms with Gasteiger partial charge in [-0.3, -0.25) is 4.79 Å². The van der Waals surface area contributed by atoms with Crippen molar-refractivity contribution in [1.82, 2.24) is 9.78 Å². The summed E-state index contributed by atoms with van der Waals surface area (Å²) < 4.78 is 1.69. The quantitative estimate of drug-likeness (QED) is 0.680. The summed E-state index contributed by atoms with van der Waals surface area (Å²) in [6.45, 7) is 0. The van der Waals surface area contributed by atoms with Gasteiger partial charge in [0.05, 0.1) is 23.0 Å². The number of benzene rings is 2. The number of anilines is 1. The van der Waals surface area contributed by atoms with E-state index in [1.165, 1.54) is 0 Å². The lowest BCUT2D eigenvalue weighted by atomic mass is 10.1. The molecule has 3 aromatic rings. The predicted octanol–water partition coefficient (Wildman–Crippen LogP) is 1.71. The van der Waals surface area contributed by atoms with Crippen molar-refractivity contribution in [2.45, 2.75) is 0 Å². The van der Waals surface area contributed by atoms with Crippen LogP contribution in [0.4, 0.5) is 5.69 Å². The molecule has 0 atom stereocenters. The van der Waals surface area contributed by atoms with Gasteiger partial charge in [-0.25, -0.2) is 4.68 Å². The summed E-state index contributed by atoms with van der Waals surface area (Å²) in [5, 5.41) is 5.30. The first-order valence-corrected chi connectivity index (χ1v) is 5.79. The van der Waals surface area contributed by atoms with E-state index in [1.807, 2.05) is 24.3 Å². The van der Waals surface area contributed by atoms with Gasteiger partial charge in [0.2, 0.25) is 0 Å². The number of carbonyl (C=O) groups is 1. The monoisotopic (exact) mass is 252 g/mol. The number of nitrogens with two attached hydrogens (primary N) is 2. The lowest BCUT2D eigenvalue weighted by molar-refractivity contribution is 0.1000. The van der Waals surface area contributed by atoms with E-state index in [1.54, 1.807) is 29.1 Å². The van der Waals surface area contributed by atoms with Gasteiger partial charge in [0.15, 0.2) is 0 Å². The second-order valence-corrected chi connectivity index (χ2v) is 4.26. The Morgan fingerprint density at radius 2 is 1.95 bits per heavy atom. The largest absolute Gasteiger partial charge is 0.399 e. The second-order valence-electron chi connectivity index (χ2n) is 4.26. The van der Waals surface area contributed by atoms with Gasteiger partial charge < -0.3 is 11.5 Å². The Labute approximate surface area is 109 Å². The predicted molar refractivity (Wildman–Crippen MR) is 74.0 cm³/mol. The number of aromatic nitrogens is 2. The van der Waals surface area contributed by atoms with Gasteiger partial charge in [0.25, 0.3) is 5.91 Å². The third kappa shape index (κ3) is 1.81. The number of hydrogen-bond donors (Lipinski definition) is 2. The van der Waals surface area contributed by atoms with Gasteiger partial charge in [-0.15, -0.1) is 0 Å². The smallest absolute Gasteiger partial charge is 0.250 e. The van der Waals surface area contributed by atoms with Crippen LogP contribution in [-0.4, -0.2) is 15.7 Å². The molecule has 0 aliphatic rings. The number of carbonyl (C=O) groups excluding carboxylic acids is 1. The molecule has 5 heteroatoms. The molecule has 2 aromatic carbocycles. The van der Waals surface area contributed by atoms with E-state index in [2.05, 4.69) is 5.10 Å². The van der Waals surface area contributed by atoms with E-state index in [4.69, 9.17) is 11.5 Å². The molecule has 0 unspecified atom stereocenters. The van der Waals surface area contributed by atoms with Crippen molar-refractivity contribution < 1.29 is 4.79 Å². The Kier molecular flexibility index (Phi) is 2.45. The fraction of sp³-hybridized carbons (Fsp3) is 0. The summed E-state index contributed by atoms with van der Waals surface area (Å²) in [6.07, 6.45) is 1.75. The van der Waals surface area contributed by atoms with Crippen LogP contribution in [0.2, 0.25) is 0 Å². The zero-order chi connectivity index (χ0) is 13.4. The average Bonchev–Trinajstić information content (AvgIpc) is 2.82. The van der Waals surface area contributed by atoms with Crippen LogP contribution in [0, 0.1) is 0 Å². The molecule has 0 fully saturated rings. The average molecular weight is 252 g/mol. The van der Waals surface area contributed by atoms with Crippen LogP contribution in [0.3, 0.4) is 0 Å². The molecule has 1 amide bonds. The Bertz CT molecular complexity index is 776. The first kappa shape index (κ1) is 11.3. The number of rotatable bonds is 2. The van der Waals surface area contributed by atoms with Gasteiger partial charge in [-0.05, 0) is 24.3 Å². The highest BCUT2D eigenvalue weighted by Gasteiger charge is 2.13. The summed E-state index contributed by atoms with van der Waals surface area (Å²) in [5.74, 6) is -0.526. The zero-order valence-corrected chi connectivity index (χ0v) is 10.1. The molecule has 0 saturated heterocycles. The molecule has 0 spiro atoms. The normalized spacial score (nSPS) is 10.7. The van der Waals surface area contributed by atoms with Gasteiger partial charge in [-0.2, -0.15) is 5.10 Å². The summed E-state index contributed by atoms with van der Waals surface area (Å²) in [6, 6.07) is 12.8. The molecule has 0 aliphatic carbocycles. The molecule has 4 N–H and O–H groups in total. The summed E-state index contributed by atoms with van der Waals surface area (Å²) in [4.78, 5) is 11.5. The number of amides is 1. The van der Waals surface area contributed by atoms with Gasteiger partial charge >= 0.3 is 0 Å². The van der Waals surface area contributed by atoms with Crippen LogP contribution >= 0.6 is 0 Å². The molecule has 0 radical (unpaired) electrons. The zero-order valence-electron chi connectivity index (χ0n) is 10.1. The molecule has 0 aliphatic heterocycles. The van der Waals surface area contributed by atoms with Crippen LogP contribution in [0.25, 0.3) is 16.6 Å². The topological polar surface area (TPSA) is 86.9 Å². The molecule has 5 nitrogen and oxygen atoms in total. The SMILES string of the molecule is NC(=O)c1cc(N)ccc1-n1ncc2ccccc21. The molecular weight excluding hydrogens is 240 g/mol. The molecule has 94 valence electrons. The third-order valence-electron chi connectivity index (χ3n) is 2.99. The molecule has 19 heavy (non-hydrogen) atoms. The van der Waals surface area contributed by atoms with E-state index in [-0.39, 0.29) is 0 Å². The highest BCUT2D eigenvalue weighted by molar-refractivity contribution is 5.98. The second kappa shape index (κ2) is 4.13. The van der Waals surface area contributed by atoms with Gasteiger partial charge in [0, 0.05) is 11.1 Å². The number of hydrogen-bond acceptors (Lipinski definition) is 3. The lowest BCUT2D eigenvalue weighted by Crippen LogP contribution is -2.15. The summed E-state index contributed by atoms with van der Waals surface area (Å²) in [5.41, 5.74) is 13.5. The van der Waals surface area contributed by atoms with Crippen molar-refractivity contribution in [3.63, 3.8) is 0 Å². The molecule has 1 heterocycles. The standard InChI is InChI=1S/C14H12N4O/c15-10-5-6-13(11(7-10)14(16)19)18-12-4-2-1-3-9(12)8-17-18/h1-8H,15H2,(H2,16,19). The summed E-state index contributed by atoms with van der Waals surface area (Å²) in [7, 11) is 0. The lowest BCUT2D eigenvalue weighted by Gasteiger charge is -2.09. The maximum absolute atomic E-state index is 11.5. The minimum atomic E-state index is -0.526. The maximum Gasteiger partial charge on any atom is 0.250 e. The summed E-state index contributed by atoms with van der Waals surface area (Å²) >= 11 is 0. The van der Waals surface area contributed by atoms with Crippen molar-refractivity contribution in [3.05, 3.63) is 54.2 Å². The number of para-hydroxylation sites is 1. The van der Waals surface area contributed by atoms with Crippen molar-refractivity contribution in [1.29, 1.82) is 0 Å². The Morgan fingerprint density at radius 1 is 1.16 bits per heavy atom. The van der Waals surface area contributed by atoms with E-state index in [0.29, 0.717) is 16.9 Å². The van der Waals surface area contributed by atoms with Crippen LogP contribution in [0.1, 0.15) is 10.4 Å². The minimum Gasteiger partial charge on any atom is -0.399 e. The third-order valence-corrected chi connectivity index (χ3v) is 2.99. The Morgan fingerprint density at radius 3 is 2.74 bits per heavy atom. The van der Waals surface area contributed by atoms with Crippen LogP contribution < -0.4 is 11.5 Å². The number of fused-ring (bicyclic) bond motifs is 1. The minimum absolute atomic E-state index is 0.355. The van der Waals surface area contributed by atoms with E-state index < -0.39 is 5.91 Å². The highest BCUT2D eigenvalue weighted by Crippen LogP contribution is 2.22. The van der Waals surface area contributed by atoms with Crippen molar-refractivity contribution in [2.24, 2.45) is 5.73 Å². The Balaban J connectivity index is 2.30. The first-order valence-electron chi connectivity index (χ1n) is 5.79. The number of nitrogen functional groups attached to an aromatic ring is 1. The van der Waals surface area contributed by atoms with Crippen molar-refractivity contribution >= 4 is 22.5 Å². The van der Waals surface area contributed by atoms with Crippen molar-refractivity contribution in [3.8, 4) is 5.69 Å². The van der Waals surface area contributed by atoms with Gasteiger partial charge in [-0.1, -0.05) is 18.2 Å². The number of primary amides is 1. The first-order chi connectivity index (χ1) is 9.16. The molecule has 0 saturated carbocycles. The molecule has 1 aromatic heterocycles. The van der Waals surface area contributed by atoms with E-state index in [9.17, 15) is 4.79 Å². The maximum atomic E-state index is 11.5.